The Morgan fingerprint density at radius 3 is 2.19 bits per heavy atom. The predicted octanol–water partition coefficient (Wildman–Crippen LogP) is 2.33. The van der Waals surface area contributed by atoms with Crippen molar-refractivity contribution in [3.05, 3.63) is 64.2 Å². The van der Waals surface area contributed by atoms with Crippen molar-refractivity contribution in [2.75, 3.05) is 0 Å². The fourth-order valence-electron chi connectivity index (χ4n) is 3.91. The molecule has 1 saturated heterocycles. The zero-order valence-corrected chi connectivity index (χ0v) is 19.5. The van der Waals surface area contributed by atoms with Gasteiger partial charge < -0.3 is 13.9 Å². The number of nitrogens with zero attached hydrogens (tertiary/aromatic N) is 2. The van der Waals surface area contributed by atoms with E-state index < -0.39 is 28.3 Å². The Labute approximate surface area is 182 Å². The van der Waals surface area contributed by atoms with Crippen LogP contribution in [0.5, 0.6) is 0 Å². The molecule has 4 rings (SSSR count). The van der Waals surface area contributed by atoms with Gasteiger partial charge in [0, 0.05) is 29.8 Å². The van der Waals surface area contributed by atoms with Gasteiger partial charge in [-0.25, -0.2) is 12.4 Å². The minimum absolute atomic E-state index is 0.114. The summed E-state index contributed by atoms with van der Waals surface area (Å²) in [4.78, 5) is 13.1. The second-order valence-electron chi connectivity index (χ2n) is 9.14. The highest BCUT2D eigenvalue weighted by Gasteiger charge is 2.52. The molecule has 9 heteroatoms. The number of rotatable bonds is 4. The number of hydrogen-bond donors (Lipinski definition) is 0. The van der Waals surface area contributed by atoms with Crippen LogP contribution in [0.4, 0.5) is 0 Å². The lowest BCUT2D eigenvalue weighted by molar-refractivity contribution is 0.00578. The van der Waals surface area contributed by atoms with E-state index in [1.807, 2.05) is 33.8 Å². The molecule has 0 bridgehead atoms. The molecule has 7 nitrogen and oxygen atoms in total. The van der Waals surface area contributed by atoms with Crippen molar-refractivity contribution in [3.63, 3.8) is 0 Å². The van der Waals surface area contributed by atoms with Crippen LogP contribution in [0, 0.1) is 6.92 Å². The second-order valence-corrected chi connectivity index (χ2v) is 11.0. The Morgan fingerprint density at radius 1 is 1.03 bits per heavy atom. The third kappa shape index (κ3) is 3.54. The number of fused-ring (bicyclic) bond motifs is 1. The Hall–Kier alpha value is -2.36. The lowest BCUT2D eigenvalue weighted by Crippen LogP contribution is -2.41. The number of aryl methyl sites for hydroxylation is 2. The van der Waals surface area contributed by atoms with Gasteiger partial charge in [0.1, 0.15) is 5.52 Å². The summed E-state index contributed by atoms with van der Waals surface area (Å²) >= 11 is 0. The zero-order valence-electron chi connectivity index (χ0n) is 18.7. The molecule has 0 saturated carbocycles. The summed E-state index contributed by atoms with van der Waals surface area (Å²) in [6, 6.07) is 10.7. The molecule has 1 aromatic carbocycles. The Kier molecular flexibility index (Phi) is 4.99. The summed E-state index contributed by atoms with van der Waals surface area (Å²) in [7, 11) is -2.94. The fraction of sp³-hybridized carbons (Fsp3) is 0.409. The minimum atomic E-state index is -3.83. The quantitative estimate of drug-likeness (QED) is 0.580. The van der Waals surface area contributed by atoms with Crippen LogP contribution in [-0.2, 0) is 32.1 Å². The monoisotopic (exact) mass is 442 g/mol. The third-order valence-corrected chi connectivity index (χ3v) is 8.00. The molecule has 3 aromatic rings. The van der Waals surface area contributed by atoms with Crippen molar-refractivity contribution in [2.45, 2.75) is 51.6 Å². The molecule has 0 unspecified atom stereocenters. The maximum atomic E-state index is 13.4. The smallest absolute Gasteiger partial charge is 0.399 e. The number of aromatic nitrogens is 2. The highest BCUT2D eigenvalue weighted by molar-refractivity contribution is 7.89. The van der Waals surface area contributed by atoms with E-state index in [0.717, 1.165) is 3.97 Å². The van der Waals surface area contributed by atoms with Crippen molar-refractivity contribution in [1.82, 2.24) is 8.54 Å². The van der Waals surface area contributed by atoms with E-state index in [9.17, 15) is 13.2 Å². The van der Waals surface area contributed by atoms with E-state index in [4.69, 9.17) is 9.31 Å². The van der Waals surface area contributed by atoms with Gasteiger partial charge in [0.15, 0.2) is 0 Å². The number of pyridine rings is 1. The first-order valence-electron chi connectivity index (χ1n) is 10.2. The first-order chi connectivity index (χ1) is 14.3. The van der Waals surface area contributed by atoms with Gasteiger partial charge >= 0.3 is 7.12 Å². The third-order valence-electron chi connectivity index (χ3n) is 6.28. The highest BCUT2D eigenvalue weighted by atomic mass is 32.2. The topological polar surface area (TPSA) is 79.5 Å². The molecule has 1 aliphatic rings. The highest BCUT2D eigenvalue weighted by Crippen LogP contribution is 2.37. The molecule has 0 N–H and O–H groups in total. The summed E-state index contributed by atoms with van der Waals surface area (Å²) in [5.41, 5.74) is 0.358. The van der Waals surface area contributed by atoms with E-state index >= 15 is 0 Å². The van der Waals surface area contributed by atoms with Crippen molar-refractivity contribution in [1.29, 1.82) is 0 Å². The molecular weight excluding hydrogens is 415 g/mol. The van der Waals surface area contributed by atoms with Gasteiger partial charge in [-0.1, -0.05) is 30.3 Å². The van der Waals surface area contributed by atoms with Crippen LogP contribution in [0.25, 0.3) is 10.9 Å². The summed E-state index contributed by atoms with van der Waals surface area (Å²) in [5.74, 6) is -0.206. The van der Waals surface area contributed by atoms with E-state index in [1.165, 1.54) is 4.57 Å². The molecule has 0 aliphatic carbocycles. The minimum Gasteiger partial charge on any atom is -0.399 e. The first kappa shape index (κ1) is 21.9. The van der Waals surface area contributed by atoms with Gasteiger partial charge in [0.05, 0.1) is 17.0 Å². The van der Waals surface area contributed by atoms with Crippen LogP contribution in [0.2, 0.25) is 0 Å². The van der Waals surface area contributed by atoms with Crippen molar-refractivity contribution < 1.29 is 17.7 Å². The van der Waals surface area contributed by atoms with Crippen LogP contribution in [0.15, 0.2) is 47.4 Å². The van der Waals surface area contributed by atoms with Crippen molar-refractivity contribution in [2.24, 2.45) is 7.05 Å². The largest absolute Gasteiger partial charge is 0.497 e. The molecule has 1 fully saturated rings. The Morgan fingerprint density at radius 2 is 1.61 bits per heavy atom. The van der Waals surface area contributed by atoms with Crippen LogP contribution < -0.4 is 11.0 Å². The normalized spacial score (nSPS) is 18.1. The average Bonchev–Trinajstić information content (AvgIpc) is 3.12. The van der Waals surface area contributed by atoms with Crippen LogP contribution in [0.3, 0.4) is 0 Å². The van der Waals surface area contributed by atoms with Gasteiger partial charge in [0.2, 0.25) is 10.0 Å². The molecule has 164 valence electrons. The Bertz CT molecular complexity index is 1310. The molecule has 0 atom stereocenters. The second kappa shape index (κ2) is 7.08. The maximum absolute atomic E-state index is 13.4. The van der Waals surface area contributed by atoms with Crippen LogP contribution in [0.1, 0.15) is 39.0 Å². The summed E-state index contributed by atoms with van der Waals surface area (Å²) < 4.78 is 41.6. The van der Waals surface area contributed by atoms with Gasteiger partial charge in [-0.05, 0) is 46.2 Å². The van der Waals surface area contributed by atoms with Gasteiger partial charge in [-0.15, -0.1) is 0 Å². The van der Waals surface area contributed by atoms with E-state index in [0.29, 0.717) is 22.1 Å². The molecule has 0 spiro atoms. The fourth-order valence-corrected chi connectivity index (χ4v) is 5.60. The molecular formula is C22H27BN2O5S. The van der Waals surface area contributed by atoms with Gasteiger partial charge in [0.25, 0.3) is 5.56 Å². The molecule has 0 amide bonds. The van der Waals surface area contributed by atoms with Crippen molar-refractivity contribution in [3.8, 4) is 0 Å². The lowest BCUT2D eigenvalue weighted by Gasteiger charge is -2.32. The summed E-state index contributed by atoms with van der Waals surface area (Å²) in [6.45, 7) is 9.50. The van der Waals surface area contributed by atoms with Gasteiger partial charge in [-0.2, -0.15) is 0 Å². The van der Waals surface area contributed by atoms with Crippen molar-refractivity contribution >= 4 is 33.5 Å². The van der Waals surface area contributed by atoms with Crippen LogP contribution in [-0.4, -0.2) is 35.3 Å². The van der Waals surface area contributed by atoms with E-state index in [1.54, 1.807) is 50.5 Å². The average molecular weight is 442 g/mol. The molecule has 0 radical (unpaired) electrons. The zero-order chi connectivity index (χ0) is 22.8. The lowest BCUT2D eigenvalue weighted by atomic mass is 9.78. The van der Waals surface area contributed by atoms with Crippen LogP contribution >= 0.6 is 0 Å². The molecule has 3 heterocycles. The molecule has 31 heavy (non-hydrogen) atoms. The maximum Gasteiger partial charge on any atom is 0.497 e. The number of hydrogen-bond acceptors (Lipinski definition) is 5. The summed E-state index contributed by atoms with van der Waals surface area (Å²) in [5, 5.41) is 0.524. The first-order valence-corrected chi connectivity index (χ1v) is 11.8. The van der Waals surface area contributed by atoms with E-state index in [-0.39, 0.29) is 16.8 Å². The predicted molar refractivity (Wildman–Crippen MR) is 122 cm³/mol. The number of benzene rings is 1. The van der Waals surface area contributed by atoms with Gasteiger partial charge in [-0.3, -0.25) is 4.79 Å². The Balaban J connectivity index is 1.91. The standard InChI is InChI=1S/C22H27BN2O5S/c1-15-12-17-18(23-29-21(2,3)22(4,5)30-23)13-24(6)20(26)19(17)25(15)31(27,28)14-16-10-8-7-9-11-16/h7-13H,14H2,1-6H3. The molecule has 1 aliphatic heterocycles. The SMILES string of the molecule is Cc1cc2c(B3OC(C)(C)C(C)(C)O3)cn(C)c(=O)c2n1S(=O)(=O)Cc1ccccc1. The summed E-state index contributed by atoms with van der Waals surface area (Å²) in [6.07, 6.45) is 1.67. The van der Waals surface area contributed by atoms with E-state index in [2.05, 4.69) is 0 Å². The molecule has 2 aromatic heterocycles.